The number of anilines is 2. The smallest absolute Gasteiger partial charge is 0.259 e. The van der Waals surface area contributed by atoms with Gasteiger partial charge in [0.1, 0.15) is 5.82 Å². The number of hydrogen-bond donors (Lipinski definition) is 1. The molecule has 1 N–H and O–H groups in total. The monoisotopic (exact) mass is 338 g/mol. The second-order valence-corrected chi connectivity index (χ2v) is 6.89. The molecule has 1 aromatic heterocycles. The molecule has 1 aliphatic rings. The fourth-order valence-corrected chi connectivity index (χ4v) is 3.40. The molecule has 3 rings (SSSR count). The van der Waals surface area contributed by atoms with Crippen LogP contribution in [0.1, 0.15) is 27.0 Å². The maximum Gasteiger partial charge on any atom is 0.259 e. The molecule has 0 atom stereocenters. The second-order valence-electron chi connectivity index (χ2n) is 6.89. The number of aryl methyl sites for hydroxylation is 3. The van der Waals surface area contributed by atoms with E-state index in [1.807, 2.05) is 26.0 Å². The molecule has 1 amide bonds. The number of nitrogens with one attached hydrogen (secondary N) is 1. The van der Waals surface area contributed by atoms with Crippen molar-refractivity contribution >= 4 is 17.4 Å². The Kier molecular flexibility index (Phi) is 5.04. The topological polar surface area (TPSA) is 48.5 Å². The lowest BCUT2D eigenvalue weighted by Gasteiger charge is -2.34. The third kappa shape index (κ3) is 3.82. The summed E-state index contributed by atoms with van der Waals surface area (Å²) in [7, 11) is 2.12. The van der Waals surface area contributed by atoms with E-state index in [-0.39, 0.29) is 5.91 Å². The summed E-state index contributed by atoms with van der Waals surface area (Å²) in [6.45, 7) is 9.85. The van der Waals surface area contributed by atoms with E-state index in [0.717, 1.165) is 48.8 Å². The van der Waals surface area contributed by atoms with Crippen LogP contribution < -0.4 is 10.2 Å². The van der Waals surface area contributed by atoms with Gasteiger partial charge in [-0.15, -0.1) is 0 Å². The number of amides is 1. The highest BCUT2D eigenvalue weighted by Gasteiger charge is 2.21. The number of pyridine rings is 1. The predicted octanol–water partition coefficient (Wildman–Crippen LogP) is 3.01. The van der Waals surface area contributed by atoms with Gasteiger partial charge in [-0.25, -0.2) is 4.98 Å². The highest BCUT2D eigenvalue weighted by Crippen LogP contribution is 2.25. The molecule has 0 saturated carbocycles. The number of rotatable bonds is 3. The molecule has 5 nitrogen and oxygen atoms in total. The van der Waals surface area contributed by atoms with Crippen molar-refractivity contribution in [2.45, 2.75) is 20.8 Å². The first-order valence-corrected chi connectivity index (χ1v) is 8.73. The lowest BCUT2D eigenvalue weighted by molar-refractivity contribution is 0.102. The van der Waals surface area contributed by atoms with Gasteiger partial charge in [0.25, 0.3) is 5.91 Å². The summed E-state index contributed by atoms with van der Waals surface area (Å²) in [4.78, 5) is 21.9. The van der Waals surface area contributed by atoms with Gasteiger partial charge in [0.2, 0.25) is 0 Å². The Labute approximate surface area is 149 Å². The van der Waals surface area contributed by atoms with Crippen molar-refractivity contribution in [3.63, 3.8) is 0 Å². The molecule has 0 bridgehead atoms. The van der Waals surface area contributed by atoms with E-state index < -0.39 is 0 Å². The summed E-state index contributed by atoms with van der Waals surface area (Å²) in [6, 6.07) is 7.86. The summed E-state index contributed by atoms with van der Waals surface area (Å²) >= 11 is 0. The quantitative estimate of drug-likeness (QED) is 0.935. The van der Waals surface area contributed by atoms with Gasteiger partial charge in [-0.05, 0) is 51.1 Å². The Morgan fingerprint density at radius 3 is 2.36 bits per heavy atom. The van der Waals surface area contributed by atoms with Crippen LogP contribution in [0.2, 0.25) is 0 Å². The summed E-state index contributed by atoms with van der Waals surface area (Å²) in [5, 5.41) is 3.09. The molecular formula is C20H26N4O. The van der Waals surface area contributed by atoms with Gasteiger partial charge >= 0.3 is 0 Å². The number of carbonyl (C=O) groups excluding carboxylic acids is 1. The first-order chi connectivity index (χ1) is 12.0. The SMILES string of the molecule is Cc1cc(C)c(NC(=O)c2cccnc2N2CCN(C)CC2)c(C)c1. The van der Waals surface area contributed by atoms with Crippen molar-refractivity contribution in [2.24, 2.45) is 0 Å². The Balaban J connectivity index is 1.86. The normalized spacial score (nSPS) is 15.3. The van der Waals surface area contributed by atoms with Gasteiger partial charge in [-0.2, -0.15) is 0 Å². The molecular weight excluding hydrogens is 312 g/mol. The maximum absolute atomic E-state index is 12.9. The average Bonchev–Trinajstić information content (AvgIpc) is 2.58. The van der Waals surface area contributed by atoms with Crippen LogP contribution in [0.25, 0.3) is 0 Å². The fraction of sp³-hybridized carbons (Fsp3) is 0.400. The Morgan fingerprint density at radius 1 is 1.08 bits per heavy atom. The van der Waals surface area contributed by atoms with Crippen molar-refractivity contribution in [1.82, 2.24) is 9.88 Å². The molecule has 0 radical (unpaired) electrons. The molecule has 2 aromatic rings. The third-order valence-corrected chi connectivity index (χ3v) is 4.75. The summed E-state index contributed by atoms with van der Waals surface area (Å²) in [5.41, 5.74) is 4.88. The van der Waals surface area contributed by atoms with Crippen LogP contribution in [0.4, 0.5) is 11.5 Å². The lowest BCUT2D eigenvalue weighted by atomic mass is 10.0. The van der Waals surface area contributed by atoms with Crippen LogP contribution >= 0.6 is 0 Å². The van der Waals surface area contributed by atoms with Crippen molar-refractivity contribution in [1.29, 1.82) is 0 Å². The van der Waals surface area contributed by atoms with E-state index in [4.69, 9.17) is 0 Å². The Bertz CT molecular complexity index is 756. The number of hydrogen-bond acceptors (Lipinski definition) is 4. The van der Waals surface area contributed by atoms with Crippen LogP contribution in [0.15, 0.2) is 30.5 Å². The number of piperazine rings is 1. The highest BCUT2D eigenvalue weighted by atomic mass is 16.1. The van der Waals surface area contributed by atoms with E-state index in [9.17, 15) is 4.79 Å². The first kappa shape index (κ1) is 17.4. The first-order valence-electron chi connectivity index (χ1n) is 8.73. The number of carbonyl (C=O) groups is 1. The second kappa shape index (κ2) is 7.23. The van der Waals surface area contributed by atoms with Crippen molar-refractivity contribution in [3.8, 4) is 0 Å². The highest BCUT2D eigenvalue weighted by molar-refractivity contribution is 6.08. The molecule has 132 valence electrons. The average molecular weight is 338 g/mol. The zero-order valence-electron chi connectivity index (χ0n) is 15.5. The third-order valence-electron chi connectivity index (χ3n) is 4.75. The Hall–Kier alpha value is -2.40. The largest absolute Gasteiger partial charge is 0.353 e. The molecule has 0 unspecified atom stereocenters. The minimum atomic E-state index is -0.0999. The molecule has 1 saturated heterocycles. The number of likely N-dealkylation sites (N-methyl/N-ethyl adjacent to an activating group) is 1. The van der Waals surface area contributed by atoms with Crippen molar-refractivity contribution in [2.75, 3.05) is 43.4 Å². The molecule has 0 spiro atoms. The standard InChI is InChI=1S/C20H26N4O/c1-14-12-15(2)18(16(3)13-14)22-20(25)17-6-5-7-21-19(17)24-10-8-23(4)9-11-24/h5-7,12-13H,8-11H2,1-4H3,(H,22,25). The number of aromatic nitrogens is 1. The van der Waals surface area contributed by atoms with Crippen LogP contribution in [0.3, 0.4) is 0 Å². The van der Waals surface area contributed by atoms with Gasteiger partial charge in [-0.3, -0.25) is 4.79 Å². The van der Waals surface area contributed by atoms with Gasteiger partial charge in [0.15, 0.2) is 0 Å². The Morgan fingerprint density at radius 2 is 1.72 bits per heavy atom. The molecule has 1 fully saturated rings. The minimum absolute atomic E-state index is 0.0999. The van der Waals surface area contributed by atoms with E-state index in [2.05, 4.69) is 46.2 Å². The molecule has 1 aliphatic heterocycles. The van der Waals surface area contributed by atoms with Gasteiger partial charge in [0, 0.05) is 38.1 Å². The molecule has 2 heterocycles. The maximum atomic E-state index is 12.9. The number of benzene rings is 1. The summed E-state index contributed by atoms with van der Waals surface area (Å²) in [6.07, 6.45) is 1.76. The van der Waals surface area contributed by atoms with Crippen LogP contribution in [0.5, 0.6) is 0 Å². The van der Waals surface area contributed by atoms with Crippen molar-refractivity contribution in [3.05, 3.63) is 52.7 Å². The minimum Gasteiger partial charge on any atom is -0.353 e. The zero-order valence-corrected chi connectivity index (χ0v) is 15.5. The van der Waals surface area contributed by atoms with Gasteiger partial charge in [0.05, 0.1) is 5.56 Å². The molecule has 5 heteroatoms. The number of nitrogens with zero attached hydrogens (tertiary/aromatic N) is 3. The van der Waals surface area contributed by atoms with Gasteiger partial charge < -0.3 is 15.1 Å². The predicted molar refractivity (Wildman–Crippen MR) is 103 cm³/mol. The van der Waals surface area contributed by atoms with Crippen LogP contribution in [0, 0.1) is 20.8 Å². The fourth-order valence-electron chi connectivity index (χ4n) is 3.40. The van der Waals surface area contributed by atoms with Crippen LogP contribution in [-0.4, -0.2) is 49.0 Å². The summed E-state index contributed by atoms with van der Waals surface area (Å²) in [5.74, 6) is 0.674. The lowest BCUT2D eigenvalue weighted by Crippen LogP contribution is -2.45. The summed E-state index contributed by atoms with van der Waals surface area (Å²) < 4.78 is 0. The van der Waals surface area contributed by atoms with Crippen LogP contribution in [-0.2, 0) is 0 Å². The van der Waals surface area contributed by atoms with Crippen molar-refractivity contribution < 1.29 is 4.79 Å². The van der Waals surface area contributed by atoms with E-state index in [1.54, 1.807) is 6.20 Å². The van der Waals surface area contributed by atoms with Gasteiger partial charge in [-0.1, -0.05) is 17.7 Å². The van der Waals surface area contributed by atoms with E-state index >= 15 is 0 Å². The van der Waals surface area contributed by atoms with E-state index in [0.29, 0.717) is 5.56 Å². The van der Waals surface area contributed by atoms with E-state index in [1.165, 1.54) is 5.56 Å². The molecule has 0 aliphatic carbocycles. The zero-order chi connectivity index (χ0) is 18.0. The molecule has 1 aromatic carbocycles. The molecule has 25 heavy (non-hydrogen) atoms.